The van der Waals surface area contributed by atoms with Crippen LogP contribution in [0.5, 0.6) is 0 Å². The molecular formula is C18H26F3N7S. The fourth-order valence-electron chi connectivity index (χ4n) is 3.25. The molecule has 3 rings (SSSR count). The second kappa shape index (κ2) is 10.0. The first-order valence-corrected chi connectivity index (χ1v) is 10.7. The van der Waals surface area contributed by atoms with Crippen molar-refractivity contribution < 1.29 is 13.2 Å². The summed E-state index contributed by atoms with van der Waals surface area (Å²) in [6.45, 7) is 2.18. The van der Waals surface area contributed by atoms with Gasteiger partial charge in [0.2, 0.25) is 0 Å². The molecule has 1 aliphatic rings. The van der Waals surface area contributed by atoms with Crippen molar-refractivity contribution in [3.05, 3.63) is 27.7 Å². The van der Waals surface area contributed by atoms with Gasteiger partial charge in [-0.2, -0.15) is 13.2 Å². The molecule has 7 nitrogen and oxygen atoms in total. The second-order valence-electron chi connectivity index (χ2n) is 6.90. The highest BCUT2D eigenvalue weighted by molar-refractivity contribution is 7.09. The molecule has 0 amide bonds. The first-order chi connectivity index (χ1) is 14.0. The van der Waals surface area contributed by atoms with Gasteiger partial charge in [0.25, 0.3) is 0 Å². The van der Waals surface area contributed by atoms with Crippen molar-refractivity contribution in [1.82, 2.24) is 30.4 Å². The van der Waals surface area contributed by atoms with Crippen LogP contribution in [0.15, 0.2) is 10.4 Å². The van der Waals surface area contributed by atoms with E-state index in [-0.39, 0.29) is 0 Å². The monoisotopic (exact) mass is 429 g/mol. The Balaban J connectivity index is 1.37. The third kappa shape index (κ3) is 6.15. The van der Waals surface area contributed by atoms with E-state index in [0.717, 1.165) is 60.7 Å². The first-order valence-electron chi connectivity index (χ1n) is 9.84. The number of guanidine groups is 1. The highest BCUT2D eigenvalue weighted by Gasteiger charge is 2.33. The highest BCUT2D eigenvalue weighted by atomic mass is 32.1. The number of aliphatic imine (C=N–C) groups is 1. The average Bonchev–Trinajstić information content (AvgIpc) is 3.25. The number of hydrogen-bond donors (Lipinski definition) is 2. The van der Waals surface area contributed by atoms with Crippen LogP contribution in [0.1, 0.15) is 48.0 Å². The van der Waals surface area contributed by atoms with E-state index in [1.54, 1.807) is 7.05 Å². The molecule has 0 fully saturated rings. The summed E-state index contributed by atoms with van der Waals surface area (Å²) < 4.78 is 40.0. The molecule has 0 saturated carbocycles. The number of aromatic nitrogens is 4. The Labute approximate surface area is 171 Å². The Kier molecular flexibility index (Phi) is 7.45. The molecule has 2 N–H and O–H groups in total. The Morgan fingerprint density at radius 2 is 2.00 bits per heavy atom. The first kappa shape index (κ1) is 21.5. The SMILES string of the molecule is CN=C(NCCCc1nnc2n1CCCCC2)NCCc1nc(C(F)(F)F)cs1. The van der Waals surface area contributed by atoms with Crippen LogP contribution in [0, 0.1) is 0 Å². The van der Waals surface area contributed by atoms with E-state index in [9.17, 15) is 13.2 Å². The van der Waals surface area contributed by atoms with Crippen LogP contribution in [0.4, 0.5) is 13.2 Å². The zero-order valence-electron chi connectivity index (χ0n) is 16.4. The minimum absolute atomic E-state index is 0.410. The Morgan fingerprint density at radius 3 is 2.76 bits per heavy atom. The minimum Gasteiger partial charge on any atom is -0.356 e. The molecule has 0 aromatic carbocycles. The zero-order valence-corrected chi connectivity index (χ0v) is 17.2. The van der Waals surface area contributed by atoms with Gasteiger partial charge in [0.05, 0.1) is 5.01 Å². The summed E-state index contributed by atoms with van der Waals surface area (Å²) in [4.78, 5) is 7.77. The fourth-order valence-corrected chi connectivity index (χ4v) is 4.05. The number of nitrogens with zero attached hydrogens (tertiary/aromatic N) is 5. The lowest BCUT2D eigenvalue weighted by molar-refractivity contribution is -0.140. The number of fused-ring (bicyclic) bond motifs is 1. The van der Waals surface area contributed by atoms with E-state index in [0.29, 0.717) is 23.9 Å². The van der Waals surface area contributed by atoms with Gasteiger partial charge < -0.3 is 15.2 Å². The molecule has 0 radical (unpaired) electrons. The van der Waals surface area contributed by atoms with Crippen LogP contribution in [0.3, 0.4) is 0 Å². The van der Waals surface area contributed by atoms with Gasteiger partial charge in [-0.15, -0.1) is 21.5 Å². The molecule has 0 unspecified atom stereocenters. The standard InChI is InChI=1S/C18H26F3N7S/c1-22-17(24-10-8-16-25-13(12-29-16)18(19,20)21)23-9-5-7-15-27-26-14-6-3-2-4-11-28(14)15/h12H,2-11H2,1H3,(H2,22,23,24). The number of thiazole rings is 1. The van der Waals surface area contributed by atoms with Crippen LogP contribution in [0.2, 0.25) is 0 Å². The molecule has 29 heavy (non-hydrogen) atoms. The van der Waals surface area contributed by atoms with Crippen LogP contribution in [0.25, 0.3) is 0 Å². The lowest BCUT2D eigenvalue weighted by atomic mass is 10.2. The molecule has 3 heterocycles. The van der Waals surface area contributed by atoms with E-state index in [1.807, 2.05) is 0 Å². The van der Waals surface area contributed by atoms with Crippen molar-refractivity contribution in [2.75, 3.05) is 20.1 Å². The minimum atomic E-state index is -4.39. The van der Waals surface area contributed by atoms with Crippen molar-refractivity contribution in [2.45, 2.75) is 57.7 Å². The summed E-state index contributed by atoms with van der Waals surface area (Å²) >= 11 is 1.02. The van der Waals surface area contributed by atoms with Gasteiger partial charge in [0.1, 0.15) is 11.6 Å². The van der Waals surface area contributed by atoms with Crippen LogP contribution < -0.4 is 10.6 Å². The number of nitrogens with one attached hydrogen (secondary N) is 2. The van der Waals surface area contributed by atoms with Crippen molar-refractivity contribution in [3.63, 3.8) is 0 Å². The normalized spacial score (nSPS) is 15.1. The zero-order chi connectivity index (χ0) is 20.7. The average molecular weight is 430 g/mol. The maximum Gasteiger partial charge on any atom is 0.434 e. The van der Waals surface area contributed by atoms with Gasteiger partial charge in [0.15, 0.2) is 11.7 Å². The number of rotatable bonds is 7. The Morgan fingerprint density at radius 1 is 1.17 bits per heavy atom. The highest BCUT2D eigenvalue weighted by Crippen LogP contribution is 2.30. The molecule has 0 aliphatic carbocycles. The molecule has 160 valence electrons. The van der Waals surface area contributed by atoms with Gasteiger partial charge in [-0.3, -0.25) is 4.99 Å². The second-order valence-corrected chi connectivity index (χ2v) is 7.84. The third-order valence-electron chi connectivity index (χ3n) is 4.75. The summed E-state index contributed by atoms with van der Waals surface area (Å²) in [5, 5.41) is 16.5. The summed E-state index contributed by atoms with van der Waals surface area (Å²) in [7, 11) is 1.67. The number of halogens is 3. The fraction of sp³-hybridized carbons (Fsp3) is 0.667. The maximum atomic E-state index is 12.6. The third-order valence-corrected chi connectivity index (χ3v) is 5.66. The van der Waals surface area contributed by atoms with Crippen LogP contribution in [-0.2, 0) is 32.0 Å². The molecule has 0 spiro atoms. The van der Waals surface area contributed by atoms with Gasteiger partial charge in [-0.05, 0) is 19.3 Å². The molecule has 1 aliphatic heterocycles. The Hall–Kier alpha value is -2.17. The van der Waals surface area contributed by atoms with E-state index in [4.69, 9.17) is 0 Å². The number of hydrogen-bond acceptors (Lipinski definition) is 5. The van der Waals surface area contributed by atoms with Crippen molar-refractivity contribution >= 4 is 17.3 Å². The molecular weight excluding hydrogens is 403 g/mol. The number of aryl methyl sites for hydroxylation is 2. The maximum absolute atomic E-state index is 12.6. The van der Waals surface area contributed by atoms with Crippen molar-refractivity contribution in [1.29, 1.82) is 0 Å². The van der Waals surface area contributed by atoms with E-state index in [2.05, 4.69) is 35.4 Å². The van der Waals surface area contributed by atoms with Gasteiger partial charge in [0, 0.05) is 51.3 Å². The Bertz CT molecular complexity index is 813. The summed E-state index contributed by atoms with van der Waals surface area (Å²) in [6, 6.07) is 0. The van der Waals surface area contributed by atoms with Crippen molar-refractivity contribution in [2.24, 2.45) is 4.99 Å². The number of alkyl halides is 3. The molecule has 11 heteroatoms. The van der Waals surface area contributed by atoms with Crippen LogP contribution in [-0.4, -0.2) is 45.8 Å². The van der Waals surface area contributed by atoms with Crippen LogP contribution >= 0.6 is 11.3 Å². The van der Waals surface area contributed by atoms with Gasteiger partial charge >= 0.3 is 6.18 Å². The van der Waals surface area contributed by atoms with Gasteiger partial charge in [-0.25, -0.2) is 4.98 Å². The molecule has 0 atom stereocenters. The van der Waals surface area contributed by atoms with Gasteiger partial charge in [-0.1, -0.05) is 6.42 Å². The summed E-state index contributed by atoms with van der Waals surface area (Å²) in [5.41, 5.74) is -0.827. The molecule has 0 saturated heterocycles. The predicted molar refractivity (Wildman–Crippen MR) is 106 cm³/mol. The summed E-state index contributed by atoms with van der Waals surface area (Å²) in [5.74, 6) is 2.76. The van der Waals surface area contributed by atoms with E-state index in [1.165, 1.54) is 19.3 Å². The predicted octanol–water partition coefficient (Wildman–Crippen LogP) is 2.82. The molecule has 2 aromatic heterocycles. The van der Waals surface area contributed by atoms with E-state index < -0.39 is 11.9 Å². The summed E-state index contributed by atoms with van der Waals surface area (Å²) in [6.07, 6.45) is 2.36. The quantitative estimate of drug-likeness (QED) is 0.402. The van der Waals surface area contributed by atoms with Crippen molar-refractivity contribution in [3.8, 4) is 0 Å². The lowest BCUT2D eigenvalue weighted by Crippen LogP contribution is -2.38. The largest absolute Gasteiger partial charge is 0.434 e. The molecule has 0 bridgehead atoms. The molecule has 2 aromatic rings. The van der Waals surface area contributed by atoms with E-state index >= 15 is 0 Å². The lowest BCUT2D eigenvalue weighted by Gasteiger charge is -2.11. The topological polar surface area (TPSA) is 80.0 Å². The smallest absolute Gasteiger partial charge is 0.356 e.